The molecule has 0 saturated carbocycles. The van der Waals surface area contributed by atoms with Crippen LogP contribution in [0.25, 0.3) is 0 Å². The van der Waals surface area contributed by atoms with Crippen molar-refractivity contribution in [2.45, 2.75) is 56.9 Å². The largest absolute Gasteiger partial charge is 0.490 e. The first kappa shape index (κ1) is 33.5. The highest BCUT2D eigenvalue weighted by atomic mass is 19.4. The highest BCUT2D eigenvalue weighted by Gasteiger charge is 2.48. The number of carboxylic acid groups (broad SMARTS) is 2. The van der Waals surface area contributed by atoms with Crippen LogP contribution < -0.4 is 0 Å². The Morgan fingerprint density at radius 2 is 1.59 bits per heavy atom. The van der Waals surface area contributed by atoms with E-state index in [1.54, 1.807) is 6.20 Å². The minimum atomic E-state index is -5.08. The molecule has 2 aliphatic rings. The van der Waals surface area contributed by atoms with Gasteiger partial charge >= 0.3 is 24.3 Å². The smallest absolute Gasteiger partial charge is 0.475 e. The molecule has 0 bridgehead atoms. The lowest BCUT2D eigenvalue weighted by molar-refractivity contribution is -0.193. The van der Waals surface area contributed by atoms with Gasteiger partial charge in [-0.15, -0.1) is 0 Å². The maximum absolute atomic E-state index is 12.5. The summed E-state index contributed by atoms with van der Waals surface area (Å²) in [6, 6.07) is 3.99. The molecule has 41 heavy (non-hydrogen) atoms. The molecule has 17 heteroatoms. The third kappa shape index (κ3) is 10.00. The van der Waals surface area contributed by atoms with Crippen molar-refractivity contribution in [2.75, 3.05) is 19.7 Å². The van der Waals surface area contributed by atoms with Gasteiger partial charge in [0.2, 0.25) is 5.91 Å². The maximum atomic E-state index is 12.5. The molecule has 4 rings (SSSR count). The van der Waals surface area contributed by atoms with Gasteiger partial charge in [0.1, 0.15) is 6.61 Å². The number of halogens is 6. The molecule has 228 valence electrons. The molecule has 2 aliphatic heterocycles. The standard InChI is InChI=1S/C20H27N5O2.2C2HF3O2/c1-16-20(5-8-24(9-6-20)13-18-11-22-23(2)12-18)27-15-19(26)25(16)14-17-4-3-7-21-10-17;2*3-2(4,5)1(6)7/h3-4,7,10-12,16H,5-6,8-9,13-15H2,1-2H3;2*(H,6,7). The molecule has 1 spiro atoms. The lowest BCUT2D eigenvalue weighted by Crippen LogP contribution is -2.63. The number of aliphatic carboxylic acids is 2. The number of alkyl halides is 6. The van der Waals surface area contributed by atoms with E-state index in [0.29, 0.717) is 6.54 Å². The number of morpholine rings is 1. The number of piperidine rings is 1. The van der Waals surface area contributed by atoms with Crippen LogP contribution in [0, 0.1) is 0 Å². The normalized spacial score (nSPS) is 19.1. The van der Waals surface area contributed by atoms with Crippen molar-refractivity contribution in [2.24, 2.45) is 7.05 Å². The van der Waals surface area contributed by atoms with Crippen molar-refractivity contribution < 1.29 is 55.7 Å². The third-order valence-corrected chi connectivity index (χ3v) is 6.46. The van der Waals surface area contributed by atoms with E-state index in [2.05, 4.69) is 28.1 Å². The second kappa shape index (κ2) is 13.8. The van der Waals surface area contributed by atoms with Crippen LogP contribution in [0.2, 0.25) is 0 Å². The molecule has 2 aromatic rings. The first-order valence-corrected chi connectivity index (χ1v) is 12.1. The van der Waals surface area contributed by atoms with Crippen molar-refractivity contribution in [3.05, 3.63) is 48.0 Å². The van der Waals surface area contributed by atoms with Gasteiger partial charge in [0, 0.05) is 57.4 Å². The zero-order valence-electron chi connectivity index (χ0n) is 22.0. The van der Waals surface area contributed by atoms with Gasteiger partial charge in [-0.3, -0.25) is 19.4 Å². The Balaban J connectivity index is 0.000000349. The summed E-state index contributed by atoms with van der Waals surface area (Å²) >= 11 is 0. The number of aryl methyl sites for hydroxylation is 1. The summed E-state index contributed by atoms with van der Waals surface area (Å²) < 4.78 is 71.5. The van der Waals surface area contributed by atoms with Gasteiger partial charge in [0.25, 0.3) is 0 Å². The Labute approximate surface area is 230 Å². The predicted octanol–water partition coefficient (Wildman–Crippen LogP) is 2.86. The summed E-state index contributed by atoms with van der Waals surface area (Å²) in [5.41, 5.74) is 2.05. The van der Waals surface area contributed by atoms with E-state index >= 15 is 0 Å². The average Bonchev–Trinajstić information content (AvgIpc) is 3.30. The molecule has 2 fully saturated rings. The fraction of sp³-hybridized carbons (Fsp3) is 0.542. The predicted molar refractivity (Wildman–Crippen MR) is 128 cm³/mol. The van der Waals surface area contributed by atoms with E-state index in [1.807, 2.05) is 41.2 Å². The Morgan fingerprint density at radius 3 is 2.02 bits per heavy atom. The average molecular weight is 598 g/mol. The topological polar surface area (TPSA) is 138 Å². The van der Waals surface area contributed by atoms with Crippen LogP contribution in [0.15, 0.2) is 36.9 Å². The van der Waals surface area contributed by atoms with Crippen molar-refractivity contribution in [1.82, 2.24) is 24.6 Å². The number of ether oxygens (including phenoxy) is 1. The van der Waals surface area contributed by atoms with Crippen LogP contribution in [0.3, 0.4) is 0 Å². The number of amides is 1. The van der Waals surface area contributed by atoms with Crippen LogP contribution in [0.5, 0.6) is 0 Å². The molecule has 0 radical (unpaired) electrons. The van der Waals surface area contributed by atoms with Crippen LogP contribution in [-0.2, 0) is 39.3 Å². The third-order valence-electron chi connectivity index (χ3n) is 6.46. The van der Waals surface area contributed by atoms with E-state index in [1.165, 1.54) is 5.56 Å². The van der Waals surface area contributed by atoms with E-state index in [0.717, 1.165) is 38.0 Å². The molecule has 0 aromatic carbocycles. The number of aromatic nitrogens is 3. The minimum Gasteiger partial charge on any atom is -0.475 e. The molecule has 2 N–H and O–H groups in total. The second-order valence-corrected chi connectivity index (χ2v) is 9.32. The molecule has 1 unspecified atom stereocenters. The summed E-state index contributed by atoms with van der Waals surface area (Å²) in [5.74, 6) is -5.45. The Kier molecular flexibility index (Phi) is 11.2. The van der Waals surface area contributed by atoms with Crippen LogP contribution in [0.4, 0.5) is 26.3 Å². The molecular weight excluding hydrogens is 568 g/mol. The van der Waals surface area contributed by atoms with Crippen molar-refractivity contribution >= 4 is 17.8 Å². The number of likely N-dealkylation sites (tertiary alicyclic amines) is 1. The summed E-state index contributed by atoms with van der Waals surface area (Å²) in [4.78, 5) is 38.9. The quantitative estimate of drug-likeness (QED) is 0.510. The summed E-state index contributed by atoms with van der Waals surface area (Å²) in [6.45, 7) is 5.74. The van der Waals surface area contributed by atoms with E-state index in [4.69, 9.17) is 24.5 Å². The number of rotatable bonds is 4. The monoisotopic (exact) mass is 597 g/mol. The van der Waals surface area contributed by atoms with Crippen molar-refractivity contribution in [1.29, 1.82) is 0 Å². The SMILES string of the molecule is CC1N(Cc2cccnc2)C(=O)COC12CCN(Cc1cnn(C)c1)CC2.O=C(O)C(F)(F)F.O=C(O)C(F)(F)F. The fourth-order valence-electron chi connectivity index (χ4n) is 4.29. The number of hydrogen-bond acceptors (Lipinski definition) is 7. The summed E-state index contributed by atoms with van der Waals surface area (Å²) in [5, 5.41) is 18.5. The minimum absolute atomic E-state index is 0.0551. The maximum Gasteiger partial charge on any atom is 0.490 e. The van der Waals surface area contributed by atoms with Gasteiger partial charge in [0.15, 0.2) is 0 Å². The number of carbonyl (C=O) groups excluding carboxylic acids is 1. The van der Waals surface area contributed by atoms with Gasteiger partial charge in [0.05, 0.1) is 17.8 Å². The molecule has 2 aromatic heterocycles. The van der Waals surface area contributed by atoms with Crippen LogP contribution in [0.1, 0.15) is 30.9 Å². The molecule has 11 nitrogen and oxygen atoms in total. The van der Waals surface area contributed by atoms with Crippen LogP contribution in [-0.4, -0.2) is 96.3 Å². The molecular formula is C24H29F6N5O6. The first-order valence-electron chi connectivity index (χ1n) is 12.1. The van der Waals surface area contributed by atoms with Gasteiger partial charge in [-0.2, -0.15) is 31.4 Å². The Hall–Kier alpha value is -3.73. The molecule has 1 amide bonds. The van der Waals surface area contributed by atoms with Crippen molar-refractivity contribution in [3.8, 4) is 0 Å². The van der Waals surface area contributed by atoms with Gasteiger partial charge in [-0.25, -0.2) is 9.59 Å². The summed E-state index contributed by atoms with van der Waals surface area (Å²) in [7, 11) is 1.94. The molecule has 0 aliphatic carbocycles. The fourth-order valence-corrected chi connectivity index (χ4v) is 4.29. The number of hydrogen-bond donors (Lipinski definition) is 2. The van der Waals surface area contributed by atoms with Crippen LogP contribution >= 0.6 is 0 Å². The van der Waals surface area contributed by atoms with E-state index in [9.17, 15) is 31.1 Å². The van der Waals surface area contributed by atoms with Crippen molar-refractivity contribution in [3.63, 3.8) is 0 Å². The number of nitrogens with zero attached hydrogens (tertiary/aromatic N) is 5. The van der Waals surface area contributed by atoms with Gasteiger partial charge in [-0.05, 0) is 31.4 Å². The van der Waals surface area contributed by atoms with E-state index < -0.39 is 24.3 Å². The van der Waals surface area contributed by atoms with Gasteiger partial charge in [-0.1, -0.05) is 6.07 Å². The lowest BCUT2D eigenvalue weighted by atomic mass is 9.82. The number of carboxylic acids is 2. The lowest BCUT2D eigenvalue weighted by Gasteiger charge is -2.51. The molecule has 4 heterocycles. The van der Waals surface area contributed by atoms with Gasteiger partial charge < -0.3 is 19.8 Å². The highest BCUT2D eigenvalue weighted by molar-refractivity contribution is 5.78. The first-order chi connectivity index (χ1) is 18.9. The second-order valence-electron chi connectivity index (χ2n) is 9.32. The zero-order valence-corrected chi connectivity index (χ0v) is 22.0. The Bertz CT molecular complexity index is 1140. The summed E-state index contributed by atoms with van der Waals surface area (Å²) in [6.07, 6.45) is -0.709. The number of carbonyl (C=O) groups is 3. The zero-order chi connectivity index (χ0) is 31.0. The molecule has 1 atom stereocenters. The molecule has 2 saturated heterocycles. The highest BCUT2D eigenvalue weighted by Crippen LogP contribution is 2.36. The van der Waals surface area contributed by atoms with E-state index in [-0.39, 0.29) is 24.2 Å². The Morgan fingerprint density at radius 1 is 1.02 bits per heavy atom. The number of pyridine rings is 1.